The Morgan fingerprint density at radius 1 is 1.22 bits per heavy atom. The second-order valence-corrected chi connectivity index (χ2v) is 6.57. The van der Waals surface area contributed by atoms with Gasteiger partial charge in [-0.25, -0.2) is 13.9 Å². The maximum Gasteiger partial charge on any atom is 0.350 e. The van der Waals surface area contributed by atoms with Crippen LogP contribution in [-0.4, -0.2) is 36.4 Å². The van der Waals surface area contributed by atoms with Crippen LogP contribution in [0.1, 0.15) is 21.6 Å². The molecule has 0 radical (unpaired) electrons. The van der Waals surface area contributed by atoms with Gasteiger partial charge in [-0.1, -0.05) is 18.2 Å². The molecule has 0 saturated heterocycles. The first-order valence-corrected chi connectivity index (χ1v) is 8.72. The Kier molecular flexibility index (Phi) is 4.02. The van der Waals surface area contributed by atoms with Crippen molar-refractivity contribution in [3.8, 4) is 0 Å². The van der Waals surface area contributed by atoms with Crippen LogP contribution >= 0.6 is 0 Å². The van der Waals surface area contributed by atoms with E-state index < -0.39 is 0 Å². The minimum atomic E-state index is -0.211. The average molecular weight is 364 g/mol. The van der Waals surface area contributed by atoms with Gasteiger partial charge in [-0.15, -0.1) is 5.10 Å². The number of pyridine rings is 1. The first kappa shape index (κ1) is 17.0. The van der Waals surface area contributed by atoms with Crippen molar-refractivity contribution in [2.24, 2.45) is 7.05 Å². The number of hydrogen-bond acceptors (Lipinski definition) is 4. The number of nitrogens with one attached hydrogen (secondary N) is 1. The number of hydrogen-bond donors (Lipinski definition) is 1. The fourth-order valence-electron chi connectivity index (χ4n) is 3.23. The smallest absolute Gasteiger partial charge is 0.350 e. The molecular weight excluding hydrogens is 344 g/mol. The molecule has 1 amide bonds. The number of carbonyl (C=O) groups is 1. The third kappa shape index (κ3) is 2.79. The van der Waals surface area contributed by atoms with Gasteiger partial charge in [-0.2, -0.15) is 5.10 Å². The van der Waals surface area contributed by atoms with Gasteiger partial charge in [0.05, 0.1) is 23.8 Å². The third-order valence-corrected chi connectivity index (χ3v) is 4.83. The fourth-order valence-corrected chi connectivity index (χ4v) is 3.23. The van der Waals surface area contributed by atoms with Gasteiger partial charge in [0, 0.05) is 19.3 Å². The van der Waals surface area contributed by atoms with E-state index in [2.05, 4.69) is 15.5 Å². The van der Waals surface area contributed by atoms with Gasteiger partial charge >= 0.3 is 5.69 Å². The molecule has 8 heteroatoms. The van der Waals surface area contributed by atoms with Crippen LogP contribution in [0.15, 0.2) is 41.3 Å². The number of para-hydroxylation sites is 1. The largest absolute Gasteiger partial charge is 0.350 e. The Labute approximate surface area is 155 Å². The molecule has 0 saturated carbocycles. The topological polar surface area (TPSA) is 86.2 Å². The molecule has 0 atom stereocenters. The zero-order valence-electron chi connectivity index (χ0n) is 15.4. The molecule has 138 valence electrons. The lowest BCUT2D eigenvalue weighted by Gasteiger charge is -2.04. The predicted octanol–water partition coefficient (Wildman–Crippen LogP) is 1.43. The van der Waals surface area contributed by atoms with Crippen LogP contribution in [-0.2, 0) is 13.6 Å². The highest BCUT2D eigenvalue weighted by Gasteiger charge is 2.14. The number of nitrogens with zero attached hydrogens (tertiary/aromatic N) is 5. The number of aromatic nitrogens is 5. The summed E-state index contributed by atoms with van der Waals surface area (Å²) in [6, 6.07) is 9.74. The van der Waals surface area contributed by atoms with E-state index in [1.807, 2.05) is 44.2 Å². The van der Waals surface area contributed by atoms with Crippen LogP contribution < -0.4 is 11.0 Å². The lowest BCUT2D eigenvalue weighted by Crippen LogP contribution is -2.31. The maximum atomic E-state index is 12.8. The molecule has 0 bridgehead atoms. The van der Waals surface area contributed by atoms with Crippen molar-refractivity contribution < 1.29 is 4.79 Å². The molecule has 0 fully saturated rings. The molecule has 27 heavy (non-hydrogen) atoms. The summed E-state index contributed by atoms with van der Waals surface area (Å²) < 4.78 is 4.66. The molecule has 1 aromatic carbocycles. The Bertz CT molecular complexity index is 1230. The molecule has 4 aromatic rings. The third-order valence-electron chi connectivity index (χ3n) is 4.83. The number of aryl methyl sites for hydroxylation is 2. The SMILES string of the molecule is Cc1cc2ccccc2n2c(=O)n(CCNC(=O)c3cnn(C)c3C)nc12. The zero-order chi connectivity index (χ0) is 19.1. The number of amides is 1. The molecule has 3 aromatic heterocycles. The summed E-state index contributed by atoms with van der Waals surface area (Å²) in [7, 11) is 1.79. The van der Waals surface area contributed by atoms with Crippen LogP contribution in [0.25, 0.3) is 16.6 Å². The quantitative estimate of drug-likeness (QED) is 0.594. The van der Waals surface area contributed by atoms with E-state index in [-0.39, 0.29) is 11.6 Å². The summed E-state index contributed by atoms with van der Waals surface area (Å²) in [5, 5.41) is 12.3. The van der Waals surface area contributed by atoms with Crippen molar-refractivity contribution in [2.75, 3.05) is 6.54 Å². The Hall–Kier alpha value is -3.42. The van der Waals surface area contributed by atoms with Gasteiger partial charge in [0.2, 0.25) is 0 Å². The van der Waals surface area contributed by atoms with Gasteiger partial charge in [0.15, 0.2) is 5.65 Å². The molecule has 4 rings (SSSR count). The van der Waals surface area contributed by atoms with Gasteiger partial charge in [-0.3, -0.25) is 9.48 Å². The average Bonchev–Trinajstić information content (AvgIpc) is 3.16. The highest BCUT2D eigenvalue weighted by atomic mass is 16.2. The maximum absolute atomic E-state index is 12.8. The molecule has 0 aliphatic rings. The summed E-state index contributed by atoms with van der Waals surface area (Å²) in [5.74, 6) is -0.209. The molecule has 0 unspecified atom stereocenters. The van der Waals surface area contributed by atoms with Crippen molar-refractivity contribution >= 4 is 22.5 Å². The lowest BCUT2D eigenvalue weighted by molar-refractivity contribution is 0.0951. The van der Waals surface area contributed by atoms with Crippen molar-refractivity contribution in [2.45, 2.75) is 20.4 Å². The number of rotatable bonds is 4. The Morgan fingerprint density at radius 2 is 2.00 bits per heavy atom. The minimum Gasteiger partial charge on any atom is -0.350 e. The summed E-state index contributed by atoms with van der Waals surface area (Å²) in [5.41, 5.74) is 3.50. The zero-order valence-corrected chi connectivity index (χ0v) is 15.4. The van der Waals surface area contributed by atoms with E-state index in [1.54, 1.807) is 16.1 Å². The lowest BCUT2D eigenvalue weighted by atomic mass is 10.1. The van der Waals surface area contributed by atoms with Crippen LogP contribution in [0.3, 0.4) is 0 Å². The van der Waals surface area contributed by atoms with Crippen molar-refractivity contribution in [1.82, 2.24) is 29.3 Å². The number of fused-ring (bicyclic) bond motifs is 3. The van der Waals surface area contributed by atoms with Crippen LogP contribution in [0.4, 0.5) is 0 Å². The summed E-state index contributed by atoms with van der Waals surface area (Å²) in [6.45, 7) is 4.36. The molecule has 8 nitrogen and oxygen atoms in total. The highest BCUT2D eigenvalue weighted by Crippen LogP contribution is 2.17. The summed E-state index contributed by atoms with van der Waals surface area (Å²) >= 11 is 0. The Morgan fingerprint density at radius 3 is 2.74 bits per heavy atom. The normalized spacial score (nSPS) is 11.4. The monoisotopic (exact) mass is 364 g/mol. The molecule has 0 aliphatic carbocycles. The van der Waals surface area contributed by atoms with Crippen molar-refractivity contribution in [3.05, 3.63) is 63.8 Å². The van der Waals surface area contributed by atoms with Crippen LogP contribution in [0.2, 0.25) is 0 Å². The standard InChI is InChI=1S/C19H20N6O2/c1-12-10-14-6-4-5-7-16(14)25-17(12)22-24(19(25)27)9-8-20-18(26)15-11-21-23(3)13(15)2/h4-7,10-11H,8-9H2,1-3H3,(H,20,26). The second-order valence-electron chi connectivity index (χ2n) is 6.57. The molecule has 1 N–H and O–H groups in total. The van der Waals surface area contributed by atoms with E-state index in [0.717, 1.165) is 22.2 Å². The van der Waals surface area contributed by atoms with Crippen LogP contribution in [0, 0.1) is 13.8 Å². The van der Waals surface area contributed by atoms with E-state index >= 15 is 0 Å². The predicted molar refractivity (Wildman–Crippen MR) is 102 cm³/mol. The van der Waals surface area contributed by atoms with Crippen molar-refractivity contribution in [3.63, 3.8) is 0 Å². The molecule has 3 heterocycles. The van der Waals surface area contributed by atoms with Gasteiger partial charge in [-0.05, 0) is 36.9 Å². The van der Waals surface area contributed by atoms with E-state index in [0.29, 0.717) is 24.3 Å². The first-order chi connectivity index (χ1) is 13.0. The van der Waals surface area contributed by atoms with E-state index in [1.165, 1.54) is 10.9 Å². The molecule has 0 aliphatic heterocycles. The molecule has 0 spiro atoms. The number of benzene rings is 1. The Balaban J connectivity index is 1.60. The molecular formula is C19H20N6O2. The first-order valence-electron chi connectivity index (χ1n) is 8.72. The second kappa shape index (κ2) is 6.39. The van der Waals surface area contributed by atoms with Gasteiger partial charge in [0.1, 0.15) is 0 Å². The number of carbonyl (C=O) groups excluding carboxylic acids is 1. The minimum absolute atomic E-state index is 0.209. The van der Waals surface area contributed by atoms with E-state index in [4.69, 9.17) is 0 Å². The van der Waals surface area contributed by atoms with Crippen molar-refractivity contribution in [1.29, 1.82) is 0 Å². The summed E-state index contributed by atoms with van der Waals surface area (Å²) in [4.78, 5) is 25.1. The fraction of sp³-hybridized carbons (Fsp3) is 0.263. The van der Waals surface area contributed by atoms with E-state index in [9.17, 15) is 9.59 Å². The summed E-state index contributed by atoms with van der Waals surface area (Å²) in [6.07, 6.45) is 1.54. The van der Waals surface area contributed by atoms with Crippen LogP contribution in [0.5, 0.6) is 0 Å². The highest BCUT2D eigenvalue weighted by molar-refractivity contribution is 5.95. The van der Waals surface area contributed by atoms with Gasteiger partial charge in [0.25, 0.3) is 5.91 Å². The van der Waals surface area contributed by atoms with Gasteiger partial charge < -0.3 is 5.32 Å².